The van der Waals surface area contributed by atoms with Crippen LogP contribution in [0.15, 0.2) is 42.5 Å². The zero-order valence-electron chi connectivity index (χ0n) is 10.8. The number of nitrogens with zero attached hydrogens (tertiary/aromatic N) is 1. The third-order valence-electron chi connectivity index (χ3n) is 3.20. The van der Waals surface area contributed by atoms with Crippen molar-refractivity contribution in [2.75, 3.05) is 30.9 Å². The first-order valence-electron chi connectivity index (χ1n) is 6.23. The lowest BCUT2D eigenvalue weighted by Gasteiger charge is -2.25. The third-order valence-corrected chi connectivity index (χ3v) is 3.20. The summed E-state index contributed by atoms with van der Waals surface area (Å²) in [5.74, 6) is 1.46. The molecule has 98 valence electrons. The second-order valence-electron chi connectivity index (χ2n) is 4.45. The number of benzene rings is 2. The molecule has 0 bridgehead atoms. The minimum Gasteiger partial charge on any atom is -0.486 e. The van der Waals surface area contributed by atoms with Gasteiger partial charge in [0.05, 0.1) is 11.4 Å². The molecule has 0 atom stereocenters. The van der Waals surface area contributed by atoms with Gasteiger partial charge in [-0.3, -0.25) is 0 Å². The molecule has 0 saturated heterocycles. The van der Waals surface area contributed by atoms with E-state index in [0.29, 0.717) is 24.7 Å². The van der Waals surface area contributed by atoms with Crippen LogP contribution in [0.4, 0.5) is 17.1 Å². The van der Waals surface area contributed by atoms with E-state index >= 15 is 0 Å². The summed E-state index contributed by atoms with van der Waals surface area (Å²) in [6.07, 6.45) is 0. The number of anilines is 3. The van der Waals surface area contributed by atoms with Crippen molar-refractivity contribution < 1.29 is 9.47 Å². The Balaban J connectivity index is 2.01. The highest BCUT2D eigenvalue weighted by atomic mass is 16.6. The van der Waals surface area contributed by atoms with Gasteiger partial charge in [-0.15, -0.1) is 0 Å². The average Bonchev–Trinajstić information content (AvgIpc) is 2.47. The number of hydrogen-bond acceptors (Lipinski definition) is 4. The van der Waals surface area contributed by atoms with Crippen LogP contribution in [0.5, 0.6) is 11.5 Å². The number of nitrogen functional groups attached to an aromatic ring is 1. The highest BCUT2D eigenvalue weighted by molar-refractivity contribution is 5.78. The van der Waals surface area contributed by atoms with Gasteiger partial charge < -0.3 is 20.1 Å². The van der Waals surface area contributed by atoms with Gasteiger partial charge in [0.2, 0.25) is 0 Å². The summed E-state index contributed by atoms with van der Waals surface area (Å²) in [4.78, 5) is 2.04. The first kappa shape index (κ1) is 11.7. The molecular weight excluding hydrogens is 240 g/mol. The smallest absolute Gasteiger partial charge is 0.163 e. The Morgan fingerprint density at radius 1 is 1.00 bits per heavy atom. The molecule has 2 N–H and O–H groups in total. The van der Waals surface area contributed by atoms with Crippen LogP contribution in [0.2, 0.25) is 0 Å². The highest BCUT2D eigenvalue weighted by Gasteiger charge is 2.17. The fourth-order valence-corrected chi connectivity index (χ4v) is 2.17. The summed E-state index contributed by atoms with van der Waals surface area (Å²) in [5.41, 5.74) is 8.77. The zero-order chi connectivity index (χ0) is 13.2. The first-order valence-corrected chi connectivity index (χ1v) is 6.23. The largest absolute Gasteiger partial charge is 0.486 e. The SMILES string of the molecule is CN(c1ccccc1)c1cc2c(cc1N)OCCO2. The lowest BCUT2D eigenvalue weighted by atomic mass is 10.2. The number of ether oxygens (including phenoxy) is 2. The molecule has 2 aromatic rings. The summed E-state index contributed by atoms with van der Waals surface area (Å²) >= 11 is 0. The normalized spacial score (nSPS) is 13.1. The maximum atomic E-state index is 6.11. The van der Waals surface area contributed by atoms with Crippen LogP contribution in [0.25, 0.3) is 0 Å². The predicted molar refractivity (Wildman–Crippen MR) is 76.3 cm³/mol. The van der Waals surface area contributed by atoms with Crippen molar-refractivity contribution in [3.05, 3.63) is 42.5 Å². The molecule has 1 heterocycles. The molecule has 2 aromatic carbocycles. The lowest BCUT2D eigenvalue weighted by Crippen LogP contribution is -2.17. The predicted octanol–water partition coefficient (Wildman–Crippen LogP) is 2.81. The molecule has 4 nitrogen and oxygen atoms in total. The van der Waals surface area contributed by atoms with E-state index in [9.17, 15) is 0 Å². The van der Waals surface area contributed by atoms with Crippen molar-refractivity contribution in [2.45, 2.75) is 0 Å². The second-order valence-corrected chi connectivity index (χ2v) is 4.45. The van der Waals surface area contributed by atoms with E-state index in [1.165, 1.54) is 0 Å². The van der Waals surface area contributed by atoms with Crippen molar-refractivity contribution in [3.63, 3.8) is 0 Å². The molecular formula is C15H16N2O2. The molecule has 0 spiro atoms. The molecule has 0 amide bonds. The van der Waals surface area contributed by atoms with E-state index in [-0.39, 0.29) is 0 Å². The topological polar surface area (TPSA) is 47.7 Å². The Kier molecular flexibility index (Phi) is 2.91. The summed E-state index contributed by atoms with van der Waals surface area (Å²) in [6.45, 7) is 1.14. The molecule has 19 heavy (non-hydrogen) atoms. The standard InChI is InChI=1S/C15H16N2O2/c1-17(11-5-3-2-4-6-11)13-10-15-14(9-12(13)16)18-7-8-19-15/h2-6,9-10H,7-8,16H2,1H3. The van der Waals surface area contributed by atoms with Gasteiger partial charge in [0.1, 0.15) is 13.2 Å². The van der Waals surface area contributed by atoms with Gasteiger partial charge in [0.15, 0.2) is 11.5 Å². The van der Waals surface area contributed by atoms with Gasteiger partial charge in [-0.25, -0.2) is 0 Å². The van der Waals surface area contributed by atoms with Crippen molar-refractivity contribution in [1.82, 2.24) is 0 Å². The van der Waals surface area contributed by atoms with Gasteiger partial charge in [-0.1, -0.05) is 18.2 Å². The monoisotopic (exact) mass is 256 g/mol. The highest BCUT2D eigenvalue weighted by Crippen LogP contribution is 2.40. The molecule has 4 heteroatoms. The van der Waals surface area contributed by atoms with Crippen molar-refractivity contribution in [2.24, 2.45) is 0 Å². The molecule has 3 rings (SSSR count). The van der Waals surface area contributed by atoms with Gasteiger partial charge >= 0.3 is 0 Å². The van der Waals surface area contributed by atoms with Crippen molar-refractivity contribution in [1.29, 1.82) is 0 Å². The second kappa shape index (κ2) is 4.72. The molecule has 0 radical (unpaired) electrons. The molecule has 0 aliphatic carbocycles. The van der Waals surface area contributed by atoms with Gasteiger partial charge in [-0.05, 0) is 12.1 Å². The van der Waals surface area contributed by atoms with Crippen LogP contribution in [0.3, 0.4) is 0 Å². The van der Waals surface area contributed by atoms with Gasteiger partial charge in [0.25, 0.3) is 0 Å². The van der Waals surface area contributed by atoms with Crippen LogP contribution in [0.1, 0.15) is 0 Å². The molecule has 1 aliphatic heterocycles. The average molecular weight is 256 g/mol. The van der Waals surface area contributed by atoms with Crippen molar-refractivity contribution >= 4 is 17.1 Å². The number of fused-ring (bicyclic) bond motifs is 1. The van der Waals surface area contributed by atoms with E-state index in [0.717, 1.165) is 17.1 Å². The quantitative estimate of drug-likeness (QED) is 0.839. The minimum absolute atomic E-state index is 0.570. The van der Waals surface area contributed by atoms with Crippen LogP contribution >= 0.6 is 0 Å². The lowest BCUT2D eigenvalue weighted by molar-refractivity contribution is 0.172. The number of hydrogen-bond donors (Lipinski definition) is 1. The van der Waals surface area contributed by atoms with Gasteiger partial charge in [-0.2, -0.15) is 0 Å². The Morgan fingerprint density at radius 3 is 2.32 bits per heavy atom. The van der Waals surface area contributed by atoms with Crippen LogP contribution < -0.4 is 20.1 Å². The van der Waals surface area contributed by atoms with E-state index in [2.05, 4.69) is 0 Å². The number of nitrogens with two attached hydrogens (primary N) is 1. The van der Waals surface area contributed by atoms with Gasteiger partial charge in [0, 0.05) is 24.9 Å². The summed E-state index contributed by atoms with van der Waals surface area (Å²) < 4.78 is 11.1. The zero-order valence-corrected chi connectivity index (χ0v) is 10.8. The Labute approximate surface area is 112 Å². The van der Waals surface area contributed by atoms with E-state index in [1.54, 1.807) is 0 Å². The van der Waals surface area contributed by atoms with E-state index in [4.69, 9.17) is 15.2 Å². The fourth-order valence-electron chi connectivity index (χ4n) is 2.17. The third kappa shape index (κ3) is 2.17. The molecule has 1 aliphatic rings. The molecule has 0 unspecified atom stereocenters. The minimum atomic E-state index is 0.570. The maximum Gasteiger partial charge on any atom is 0.163 e. The molecule has 0 saturated carbocycles. The van der Waals surface area contributed by atoms with E-state index < -0.39 is 0 Å². The van der Waals surface area contributed by atoms with Crippen LogP contribution in [-0.4, -0.2) is 20.3 Å². The Hall–Kier alpha value is -2.36. The molecule has 0 fully saturated rings. The molecule has 0 aromatic heterocycles. The van der Waals surface area contributed by atoms with Crippen molar-refractivity contribution in [3.8, 4) is 11.5 Å². The summed E-state index contributed by atoms with van der Waals surface area (Å²) in [6, 6.07) is 13.8. The number of rotatable bonds is 2. The Bertz CT molecular complexity index is 584. The van der Waals surface area contributed by atoms with E-state index in [1.807, 2.05) is 54.4 Å². The summed E-state index contributed by atoms with van der Waals surface area (Å²) in [7, 11) is 1.98. The van der Waals surface area contributed by atoms with Crippen LogP contribution in [0, 0.1) is 0 Å². The number of para-hydroxylation sites is 1. The van der Waals surface area contributed by atoms with Crippen LogP contribution in [-0.2, 0) is 0 Å². The summed E-state index contributed by atoms with van der Waals surface area (Å²) in [5, 5.41) is 0. The Morgan fingerprint density at radius 2 is 1.63 bits per heavy atom. The first-order chi connectivity index (χ1) is 9.25. The maximum absolute atomic E-state index is 6.11. The fraction of sp³-hybridized carbons (Fsp3) is 0.200.